The fraction of sp³-hybridized carbons (Fsp3) is 0.867. The van der Waals surface area contributed by atoms with E-state index in [1.165, 1.54) is 18.4 Å². The van der Waals surface area contributed by atoms with Crippen molar-refractivity contribution < 1.29 is 10.2 Å². The van der Waals surface area contributed by atoms with Crippen LogP contribution in [0.4, 0.5) is 0 Å². The molecule has 4 unspecified atom stereocenters. The minimum absolute atomic E-state index is 0.0393. The molecule has 0 saturated heterocycles. The Morgan fingerprint density at radius 1 is 1.29 bits per heavy atom. The second kappa shape index (κ2) is 4.40. The zero-order chi connectivity index (χ0) is 12.7. The van der Waals surface area contributed by atoms with Gasteiger partial charge in [0.05, 0.1) is 6.61 Å². The molecule has 0 heterocycles. The number of allylic oxidation sites excluding steroid dienone is 1. The maximum Gasteiger partial charge on any atom is 0.0501 e. The lowest BCUT2D eigenvalue weighted by atomic mass is 9.48. The van der Waals surface area contributed by atoms with Gasteiger partial charge >= 0.3 is 0 Å². The number of hydrogen-bond donors (Lipinski definition) is 2. The summed E-state index contributed by atoms with van der Waals surface area (Å²) in [6, 6.07) is 0. The van der Waals surface area contributed by atoms with Crippen LogP contribution in [0.5, 0.6) is 0 Å². The van der Waals surface area contributed by atoms with Gasteiger partial charge in [-0.15, -0.1) is 0 Å². The first-order chi connectivity index (χ1) is 7.98. The van der Waals surface area contributed by atoms with Gasteiger partial charge in [-0.1, -0.05) is 31.9 Å². The molecule has 98 valence electrons. The van der Waals surface area contributed by atoms with Gasteiger partial charge in [-0.05, 0) is 42.9 Å². The van der Waals surface area contributed by atoms with Gasteiger partial charge in [0.2, 0.25) is 0 Å². The van der Waals surface area contributed by atoms with E-state index in [4.69, 9.17) is 0 Å². The highest BCUT2D eigenvalue weighted by atomic mass is 16.3. The standard InChI is InChI=1S/C15H26O2/c1-11-5-6-13-14(2,10-17)7-4-8-15(13,3)12(11)9-16/h5,12-13,16-17H,4,6-10H2,1-3H3. The number of aliphatic hydroxyl groups excluding tert-OH is 2. The third-order valence-corrected chi connectivity index (χ3v) is 5.67. The molecule has 2 N–H and O–H groups in total. The Hall–Kier alpha value is -0.340. The van der Waals surface area contributed by atoms with Gasteiger partial charge < -0.3 is 10.2 Å². The highest BCUT2D eigenvalue weighted by Gasteiger charge is 2.53. The zero-order valence-corrected chi connectivity index (χ0v) is 11.4. The van der Waals surface area contributed by atoms with E-state index < -0.39 is 0 Å². The molecule has 0 aromatic carbocycles. The molecule has 17 heavy (non-hydrogen) atoms. The highest BCUT2D eigenvalue weighted by molar-refractivity contribution is 5.18. The van der Waals surface area contributed by atoms with Crippen LogP contribution in [0.2, 0.25) is 0 Å². The van der Waals surface area contributed by atoms with Gasteiger partial charge in [-0.25, -0.2) is 0 Å². The maximum absolute atomic E-state index is 9.75. The van der Waals surface area contributed by atoms with Crippen molar-refractivity contribution in [2.75, 3.05) is 13.2 Å². The lowest BCUT2D eigenvalue weighted by Crippen LogP contribution is -2.51. The Bertz CT molecular complexity index is 323. The summed E-state index contributed by atoms with van der Waals surface area (Å²) < 4.78 is 0. The van der Waals surface area contributed by atoms with Gasteiger partial charge in [0.25, 0.3) is 0 Å². The van der Waals surface area contributed by atoms with Crippen molar-refractivity contribution in [2.45, 2.75) is 46.5 Å². The molecule has 2 rings (SSSR count). The van der Waals surface area contributed by atoms with Gasteiger partial charge in [0.1, 0.15) is 0 Å². The van der Waals surface area contributed by atoms with Gasteiger partial charge in [0.15, 0.2) is 0 Å². The largest absolute Gasteiger partial charge is 0.396 e. The molecule has 0 amide bonds. The summed E-state index contributed by atoms with van der Waals surface area (Å²) >= 11 is 0. The van der Waals surface area contributed by atoms with Crippen LogP contribution in [0.3, 0.4) is 0 Å². The molecule has 0 bridgehead atoms. The number of aliphatic hydroxyl groups is 2. The summed E-state index contributed by atoms with van der Waals surface area (Å²) in [5.41, 5.74) is 1.55. The van der Waals surface area contributed by atoms with E-state index >= 15 is 0 Å². The van der Waals surface area contributed by atoms with Crippen molar-refractivity contribution in [2.24, 2.45) is 22.7 Å². The first kappa shape index (κ1) is 13.1. The fourth-order valence-electron chi connectivity index (χ4n) is 4.50. The smallest absolute Gasteiger partial charge is 0.0501 e. The molecule has 2 heteroatoms. The Balaban J connectivity index is 2.39. The number of fused-ring (bicyclic) bond motifs is 1. The minimum atomic E-state index is 0.0393. The second-order valence-corrected chi connectivity index (χ2v) is 6.64. The van der Waals surface area contributed by atoms with Crippen LogP contribution in [-0.4, -0.2) is 23.4 Å². The van der Waals surface area contributed by atoms with Crippen molar-refractivity contribution in [3.8, 4) is 0 Å². The second-order valence-electron chi connectivity index (χ2n) is 6.64. The summed E-state index contributed by atoms with van der Waals surface area (Å²) in [7, 11) is 0. The van der Waals surface area contributed by atoms with E-state index in [0.717, 1.165) is 12.8 Å². The summed E-state index contributed by atoms with van der Waals surface area (Å²) in [5.74, 6) is 0.794. The van der Waals surface area contributed by atoms with E-state index in [-0.39, 0.29) is 30.0 Å². The summed E-state index contributed by atoms with van der Waals surface area (Å²) in [6.45, 7) is 7.21. The number of hydrogen-bond acceptors (Lipinski definition) is 2. The van der Waals surface area contributed by atoms with Gasteiger partial charge in [-0.3, -0.25) is 0 Å². The Morgan fingerprint density at radius 2 is 2.00 bits per heavy atom. The third kappa shape index (κ3) is 1.86. The molecular weight excluding hydrogens is 212 g/mol. The van der Waals surface area contributed by atoms with Crippen molar-refractivity contribution >= 4 is 0 Å². The quantitative estimate of drug-likeness (QED) is 0.726. The number of rotatable bonds is 2. The lowest BCUT2D eigenvalue weighted by molar-refractivity contribution is -0.0816. The molecule has 1 saturated carbocycles. The summed E-state index contributed by atoms with van der Waals surface area (Å²) in [6.07, 6.45) is 6.83. The van der Waals surface area contributed by atoms with Gasteiger partial charge in [0, 0.05) is 12.5 Å². The fourth-order valence-corrected chi connectivity index (χ4v) is 4.50. The molecule has 4 atom stereocenters. The molecule has 2 nitrogen and oxygen atoms in total. The average Bonchev–Trinajstić information content (AvgIpc) is 2.28. The van der Waals surface area contributed by atoms with Crippen LogP contribution in [0.25, 0.3) is 0 Å². The average molecular weight is 238 g/mol. The van der Waals surface area contributed by atoms with E-state index in [9.17, 15) is 10.2 Å². The Morgan fingerprint density at radius 3 is 2.59 bits per heavy atom. The van der Waals surface area contributed by atoms with Crippen molar-refractivity contribution in [3.63, 3.8) is 0 Å². The SMILES string of the molecule is CC1=CCC2C(C)(CO)CCCC2(C)C1CO. The molecule has 0 spiro atoms. The van der Waals surface area contributed by atoms with Crippen molar-refractivity contribution in [1.29, 1.82) is 0 Å². The van der Waals surface area contributed by atoms with E-state index in [1.807, 2.05) is 0 Å². The zero-order valence-electron chi connectivity index (χ0n) is 11.4. The van der Waals surface area contributed by atoms with E-state index in [0.29, 0.717) is 5.92 Å². The predicted molar refractivity (Wildman–Crippen MR) is 69.6 cm³/mol. The Labute approximate surface area is 105 Å². The normalized spacial score (nSPS) is 46.3. The lowest BCUT2D eigenvalue weighted by Gasteiger charge is -2.57. The van der Waals surface area contributed by atoms with Gasteiger partial charge in [-0.2, -0.15) is 0 Å². The van der Waals surface area contributed by atoms with Crippen LogP contribution in [-0.2, 0) is 0 Å². The van der Waals surface area contributed by atoms with E-state index in [1.54, 1.807) is 0 Å². The van der Waals surface area contributed by atoms with Crippen LogP contribution in [0.15, 0.2) is 11.6 Å². The molecule has 1 fully saturated rings. The predicted octanol–water partition coefficient (Wildman–Crippen LogP) is 2.75. The summed E-state index contributed by atoms with van der Waals surface area (Å²) in [5, 5.41) is 19.5. The van der Waals surface area contributed by atoms with Crippen LogP contribution in [0, 0.1) is 22.7 Å². The van der Waals surface area contributed by atoms with Crippen LogP contribution in [0.1, 0.15) is 46.5 Å². The first-order valence-corrected chi connectivity index (χ1v) is 6.86. The summed E-state index contributed by atoms with van der Waals surface area (Å²) in [4.78, 5) is 0. The highest BCUT2D eigenvalue weighted by Crippen LogP contribution is 2.59. The topological polar surface area (TPSA) is 40.5 Å². The van der Waals surface area contributed by atoms with Crippen molar-refractivity contribution in [3.05, 3.63) is 11.6 Å². The van der Waals surface area contributed by atoms with Crippen LogP contribution < -0.4 is 0 Å². The molecule has 2 aliphatic rings. The van der Waals surface area contributed by atoms with Crippen molar-refractivity contribution in [1.82, 2.24) is 0 Å². The molecule has 0 aromatic heterocycles. The van der Waals surface area contributed by atoms with E-state index in [2.05, 4.69) is 26.8 Å². The monoisotopic (exact) mass is 238 g/mol. The molecule has 0 aliphatic heterocycles. The first-order valence-electron chi connectivity index (χ1n) is 6.86. The maximum atomic E-state index is 9.75. The molecular formula is C15H26O2. The minimum Gasteiger partial charge on any atom is -0.396 e. The molecule has 0 radical (unpaired) electrons. The van der Waals surface area contributed by atoms with Crippen LogP contribution >= 0.6 is 0 Å². The molecule has 2 aliphatic carbocycles. The Kier molecular flexibility index (Phi) is 3.39. The third-order valence-electron chi connectivity index (χ3n) is 5.67. The molecule has 0 aromatic rings.